The molecule has 2 aromatic rings. The minimum Gasteiger partial charge on any atom is -0.379 e. The summed E-state index contributed by atoms with van der Waals surface area (Å²) in [5, 5.41) is 5.04. The van der Waals surface area contributed by atoms with Crippen molar-refractivity contribution in [1.29, 1.82) is 0 Å². The van der Waals surface area contributed by atoms with Crippen LogP contribution in [0.15, 0.2) is 34.7 Å². The summed E-state index contributed by atoms with van der Waals surface area (Å²) in [5.74, 6) is -0.291. The van der Waals surface area contributed by atoms with Gasteiger partial charge in [-0.3, -0.25) is 9.69 Å². The molecule has 2 aliphatic heterocycles. The Labute approximate surface area is 186 Å². The van der Waals surface area contributed by atoms with Crippen molar-refractivity contribution in [2.45, 2.75) is 10.9 Å². The van der Waals surface area contributed by atoms with E-state index in [0.29, 0.717) is 51.8 Å². The average Bonchev–Trinajstić information content (AvgIpc) is 3.46. The molecule has 0 spiro atoms. The first kappa shape index (κ1) is 22.4. The lowest BCUT2D eigenvalue weighted by Gasteiger charge is -2.34. The van der Waals surface area contributed by atoms with Crippen molar-refractivity contribution in [3.63, 3.8) is 0 Å². The van der Waals surface area contributed by atoms with Gasteiger partial charge in [0.05, 0.1) is 32.5 Å². The van der Waals surface area contributed by atoms with Crippen LogP contribution in [-0.2, 0) is 26.5 Å². The number of carbonyl (C=O) groups excluding carboxylic acids is 1. The first-order valence-electron chi connectivity index (χ1n) is 10.3. The Kier molecular flexibility index (Phi) is 7.09. The topological polar surface area (TPSA) is 93.1 Å². The van der Waals surface area contributed by atoms with Gasteiger partial charge in [-0.1, -0.05) is 6.07 Å². The Morgan fingerprint density at radius 1 is 1.16 bits per heavy atom. The highest BCUT2D eigenvalue weighted by atomic mass is 32.2. The largest absolute Gasteiger partial charge is 0.379 e. The van der Waals surface area contributed by atoms with Gasteiger partial charge in [-0.25, -0.2) is 8.42 Å². The molecule has 1 amide bonds. The molecule has 2 aliphatic rings. The van der Waals surface area contributed by atoms with E-state index in [4.69, 9.17) is 9.47 Å². The van der Waals surface area contributed by atoms with E-state index in [1.54, 1.807) is 23.0 Å². The smallest absolute Gasteiger partial charge is 0.268 e. The molecule has 0 aromatic carbocycles. The number of ether oxygens (including phenoxy) is 2. The van der Waals surface area contributed by atoms with E-state index in [-0.39, 0.29) is 16.8 Å². The molecule has 0 aliphatic carbocycles. The van der Waals surface area contributed by atoms with Gasteiger partial charge >= 0.3 is 0 Å². The van der Waals surface area contributed by atoms with Crippen molar-refractivity contribution < 1.29 is 22.7 Å². The van der Waals surface area contributed by atoms with Crippen LogP contribution in [0.4, 0.5) is 0 Å². The van der Waals surface area contributed by atoms with E-state index < -0.39 is 10.0 Å². The summed E-state index contributed by atoms with van der Waals surface area (Å²) >= 11 is 1.66. The normalized spacial score (nSPS) is 19.9. The minimum atomic E-state index is -3.65. The van der Waals surface area contributed by atoms with Crippen LogP contribution in [0.1, 0.15) is 21.4 Å². The van der Waals surface area contributed by atoms with Crippen molar-refractivity contribution in [3.8, 4) is 0 Å². The number of nitrogens with one attached hydrogen (secondary N) is 1. The Morgan fingerprint density at radius 3 is 2.48 bits per heavy atom. The monoisotopic (exact) mass is 468 g/mol. The van der Waals surface area contributed by atoms with Gasteiger partial charge in [0.25, 0.3) is 5.91 Å². The summed E-state index contributed by atoms with van der Waals surface area (Å²) in [7, 11) is -1.96. The number of rotatable bonds is 7. The Morgan fingerprint density at radius 2 is 1.84 bits per heavy atom. The van der Waals surface area contributed by atoms with E-state index in [0.717, 1.165) is 13.1 Å². The van der Waals surface area contributed by atoms with Crippen molar-refractivity contribution in [1.82, 2.24) is 19.1 Å². The number of sulfonamides is 1. The predicted octanol–water partition coefficient (Wildman–Crippen LogP) is 0.911. The molecule has 1 N–H and O–H groups in total. The third-order valence-corrected chi connectivity index (χ3v) is 8.47. The quantitative estimate of drug-likeness (QED) is 0.649. The number of hydrogen-bond acceptors (Lipinski definition) is 7. The van der Waals surface area contributed by atoms with Crippen LogP contribution >= 0.6 is 11.3 Å². The number of aromatic nitrogens is 1. The lowest BCUT2D eigenvalue weighted by atomic mass is 10.2. The SMILES string of the molecule is Cn1cc(S(=O)(=O)N2CCOCC2)cc1C(=O)NCC(c1cccs1)N1CCOCC1. The van der Waals surface area contributed by atoms with E-state index >= 15 is 0 Å². The number of aryl methyl sites for hydroxylation is 1. The van der Waals surface area contributed by atoms with Crippen LogP contribution < -0.4 is 5.32 Å². The van der Waals surface area contributed by atoms with E-state index in [9.17, 15) is 13.2 Å². The van der Waals surface area contributed by atoms with Gasteiger partial charge in [0.15, 0.2) is 0 Å². The lowest BCUT2D eigenvalue weighted by Crippen LogP contribution is -2.43. The molecule has 2 saturated heterocycles. The molecule has 0 radical (unpaired) electrons. The van der Waals surface area contributed by atoms with Crippen LogP contribution in [0.3, 0.4) is 0 Å². The van der Waals surface area contributed by atoms with Crippen molar-refractivity contribution >= 4 is 27.3 Å². The number of amides is 1. The number of hydrogen-bond donors (Lipinski definition) is 1. The fourth-order valence-corrected chi connectivity index (χ4v) is 6.24. The highest BCUT2D eigenvalue weighted by Gasteiger charge is 2.29. The lowest BCUT2D eigenvalue weighted by molar-refractivity contribution is 0.0169. The van der Waals surface area contributed by atoms with Crippen LogP contribution in [0.2, 0.25) is 0 Å². The summed E-state index contributed by atoms with van der Waals surface area (Å²) in [6.45, 7) is 4.82. The molecule has 0 saturated carbocycles. The second-order valence-electron chi connectivity index (χ2n) is 7.58. The fourth-order valence-electron chi connectivity index (χ4n) is 3.90. The molecule has 9 nitrogen and oxygen atoms in total. The first-order chi connectivity index (χ1) is 15.0. The number of morpholine rings is 2. The highest BCUT2D eigenvalue weighted by molar-refractivity contribution is 7.89. The van der Waals surface area contributed by atoms with Crippen LogP contribution in [0.25, 0.3) is 0 Å². The number of nitrogens with zero attached hydrogens (tertiary/aromatic N) is 3. The average molecular weight is 469 g/mol. The highest BCUT2D eigenvalue weighted by Crippen LogP contribution is 2.26. The summed E-state index contributed by atoms with van der Waals surface area (Å²) < 4.78 is 39.5. The molecule has 2 fully saturated rings. The molecule has 4 heterocycles. The van der Waals surface area contributed by atoms with Crippen LogP contribution in [0.5, 0.6) is 0 Å². The summed E-state index contributed by atoms with van der Waals surface area (Å²) in [6.07, 6.45) is 1.50. The Balaban J connectivity index is 1.46. The molecule has 11 heteroatoms. The standard InChI is InChI=1S/C20H28N4O5S2/c1-22-15-16(31(26,27)24-6-10-29-11-7-24)13-17(22)20(25)21-14-18(19-3-2-12-30-19)23-4-8-28-9-5-23/h2-3,12-13,15,18H,4-11,14H2,1H3,(H,21,25). The van der Waals surface area contributed by atoms with Gasteiger partial charge < -0.3 is 19.4 Å². The van der Waals surface area contributed by atoms with E-state index in [1.807, 2.05) is 11.4 Å². The van der Waals surface area contributed by atoms with Crippen molar-refractivity contribution in [2.24, 2.45) is 7.05 Å². The minimum absolute atomic E-state index is 0.0599. The van der Waals surface area contributed by atoms with Crippen LogP contribution in [-0.4, -0.2) is 87.2 Å². The van der Waals surface area contributed by atoms with Crippen LogP contribution in [0, 0.1) is 0 Å². The molecule has 1 atom stereocenters. The number of thiophene rings is 1. The molecule has 0 bridgehead atoms. The van der Waals surface area contributed by atoms with Gasteiger partial charge in [-0.15, -0.1) is 11.3 Å². The van der Waals surface area contributed by atoms with Crippen molar-refractivity contribution in [2.75, 3.05) is 59.2 Å². The summed E-state index contributed by atoms with van der Waals surface area (Å²) in [4.78, 5) is 16.6. The van der Waals surface area contributed by atoms with E-state index in [1.165, 1.54) is 21.4 Å². The van der Waals surface area contributed by atoms with Crippen molar-refractivity contribution in [3.05, 3.63) is 40.3 Å². The van der Waals surface area contributed by atoms with Gasteiger partial charge in [0, 0.05) is 50.8 Å². The van der Waals surface area contributed by atoms with Gasteiger partial charge in [0.2, 0.25) is 10.0 Å². The molecule has 170 valence electrons. The zero-order chi connectivity index (χ0) is 21.8. The maximum atomic E-state index is 12.9. The third-order valence-electron chi connectivity index (χ3n) is 5.63. The van der Waals surface area contributed by atoms with Gasteiger partial charge in [0.1, 0.15) is 10.6 Å². The first-order valence-corrected chi connectivity index (χ1v) is 12.7. The third kappa shape index (κ3) is 5.02. The second-order valence-corrected chi connectivity index (χ2v) is 10.5. The zero-order valence-electron chi connectivity index (χ0n) is 17.5. The molecular formula is C20H28N4O5S2. The Hall–Kier alpha value is -1.76. The predicted molar refractivity (Wildman–Crippen MR) is 117 cm³/mol. The van der Waals surface area contributed by atoms with E-state index in [2.05, 4.69) is 16.3 Å². The molecule has 2 aromatic heterocycles. The Bertz CT molecular complexity index is 977. The second kappa shape index (κ2) is 9.80. The summed E-state index contributed by atoms with van der Waals surface area (Å²) in [5.41, 5.74) is 0.318. The maximum absolute atomic E-state index is 12.9. The van der Waals surface area contributed by atoms with Gasteiger partial charge in [-0.05, 0) is 17.5 Å². The molecule has 4 rings (SSSR count). The molecule has 1 unspecified atom stereocenters. The molecule has 31 heavy (non-hydrogen) atoms. The maximum Gasteiger partial charge on any atom is 0.268 e. The summed E-state index contributed by atoms with van der Waals surface area (Å²) in [6, 6.07) is 5.60. The van der Waals surface area contributed by atoms with Gasteiger partial charge in [-0.2, -0.15) is 4.31 Å². The number of carbonyl (C=O) groups is 1. The zero-order valence-corrected chi connectivity index (χ0v) is 19.2. The fraction of sp³-hybridized carbons (Fsp3) is 0.550. The molecular weight excluding hydrogens is 440 g/mol.